The van der Waals surface area contributed by atoms with Crippen molar-refractivity contribution in [3.63, 3.8) is 0 Å². The molecule has 2 heterocycles. The van der Waals surface area contributed by atoms with Crippen LogP contribution in [-0.2, 0) is 11.3 Å². The lowest BCUT2D eigenvalue weighted by Crippen LogP contribution is -2.30. The minimum absolute atomic E-state index is 0.106. The Kier molecular flexibility index (Phi) is 3.47. The fourth-order valence-electron chi connectivity index (χ4n) is 2.23. The summed E-state index contributed by atoms with van der Waals surface area (Å²) in [6.45, 7) is 5.71. The van der Waals surface area contributed by atoms with Crippen LogP contribution in [0.2, 0.25) is 0 Å². The van der Waals surface area contributed by atoms with Crippen LogP contribution in [0.4, 0.5) is 0 Å². The Bertz CT molecular complexity index is 414. The number of aliphatic hydroxyl groups is 1. The molecule has 0 unspecified atom stereocenters. The Morgan fingerprint density at radius 1 is 1.59 bits per heavy atom. The van der Waals surface area contributed by atoms with E-state index in [2.05, 4.69) is 5.10 Å². The van der Waals surface area contributed by atoms with E-state index in [0.29, 0.717) is 32.5 Å². The molecule has 0 spiro atoms. The summed E-state index contributed by atoms with van der Waals surface area (Å²) in [6, 6.07) is 2.00. The van der Waals surface area contributed by atoms with Crippen LogP contribution in [0.3, 0.4) is 0 Å². The molecule has 0 saturated carbocycles. The second-order valence-corrected chi connectivity index (χ2v) is 4.68. The maximum Gasteiger partial charge on any atom is 0.224 e. The number of carbonyl (C=O) groups is 1. The van der Waals surface area contributed by atoms with Gasteiger partial charge < -0.3 is 10.0 Å². The van der Waals surface area contributed by atoms with Crippen LogP contribution in [0.5, 0.6) is 0 Å². The summed E-state index contributed by atoms with van der Waals surface area (Å²) >= 11 is 0. The fraction of sp³-hybridized carbons (Fsp3) is 0.667. The third kappa shape index (κ3) is 2.85. The van der Waals surface area contributed by atoms with Gasteiger partial charge in [0.15, 0.2) is 0 Å². The molecule has 5 nitrogen and oxygen atoms in total. The summed E-state index contributed by atoms with van der Waals surface area (Å²) in [5, 5.41) is 13.7. The molecule has 0 bridgehead atoms. The van der Waals surface area contributed by atoms with Crippen LogP contribution >= 0.6 is 0 Å². The molecule has 1 aliphatic heterocycles. The summed E-state index contributed by atoms with van der Waals surface area (Å²) in [4.78, 5) is 13.6. The molecule has 0 aromatic carbocycles. The van der Waals surface area contributed by atoms with Crippen molar-refractivity contribution in [1.82, 2.24) is 14.7 Å². The van der Waals surface area contributed by atoms with Gasteiger partial charge >= 0.3 is 0 Å². The van der Waals surface area contributed by atoms with Gasteiger partial charge in [-0.25, -0.2) is 0 Å². The number of nitrogens with zero attached hydrogens (tertiary/aromatic N) is 3. The number of aryl methyl sites for hydroxylation is 3. The van der Waals surface area contributed by atoms with E-state index in [4.69, 9.17) is 0 Å². The van der Waals surface area contributed by atoms with E-state index in [1.54, 1.807) is 4.90 Å². The quantitative estimate of drug-likeness (QED) is 0.832. The third-order valence-corrected chi connectivity index (χ3v) is 3.16. The Labute approximate surface area is 101 Å². The highest BCUT2D eigenvalue weighted by atomic mass is 16.3. The minimum atomic E-state index is -0.340. The van der Waals surface area contributed by atoms with Crippen molar-refractivity contribution in [2.24, 2.45) is 0 Å². The predicted molar refractivity (Wildman–Crippen MR) is 63.5 cm³/mol. The SMILES string of the molecule is Cc1cc(C)n(CCC(=O)N2CC[C@@H](O)C2)n1. The van der Waals surface area contributed by atoms with Crippen molar-refractivity contribution in [2.75, 3.05) is 13.1 Å². The Hall–Kier alpha value is -1.36. The zero-order valence-corrected chi connectivity index (χ0v) is 10.4. The number of β-amino-alcohol motifs (C(OH)–C–C–N with tert-alkyl or cyclic N) is 1. The van der Waals surface area contributed by atoms with Crippen molar-refractivity contribution in [2.45, 2.75) is 39.3 Å². The summed E-state index contributed by atoms with van der Waals surface area (Å²) < 4.78 is 1.86. The van der Waals surface area contributed by atoms with Crippen LogP contribution in [0, 0.1) is 13.8 Å². The third-order valence-electron chi connectivity index (χ3n) is 3.16. The highest BCUT2D eigenvalue weighted by Crippen LogP contribution is 2.11. The number of likely N-dealkylation sites (tertiary alicyclic amines) is 1. The van der Waals surface area contributed by atoms with Gasteiger partial charge in [0.05, 0.1) is 11.8 Å². The molecule has 5 heteroatoms. The molecule has 0 aliphatic carbocycles. The average molecular weight is 237 g/mol. The molecule has 94 valence electrons. The number of aromatic nitrogens is 2. The smallest absolute Gasteiger partial charge is 0.224 e. The van der Waals surface area contributed by atoms with Gasteiger partial charge in [0.2, 0.25) is 5.91 Å². The monoisotopic (exact) mass is 237 g/mol. The molecule has 0 radical (unpaired) electrons. The lowest BCUT2D eigenvalue weighted by Gasteiger charge is -2.15. The number of amides is 1. The van der Waals surface area contributed by atoms with Crippen molar-refractivity contribution in [3.8, 4) is 0 Å². The van der Waals surface area contributed by atoms with E-state index >= 15 is 0 Å². The zero-order valence-electron chi connectivity index (χ0n) is 10.4. The first-order valence-corrected chi connectivity index (χ1v) is 6.03. The summed E-state index contributed by atoms with van der Waals surface area (Å²) in [7, 11) is 0. The molecular weight excluding hydrogens is 218 g/mol. The van der Waals surface area contributed by atoms with Crippen molar-refractivity contribution in [1.29, 1.82) is 0 Å². The molecule has 1 aromatic rings. The Morgan fingerprint density at radius 3 is 2.88 bits per heavy atom. The molecule has 1 aromatic heterocycles. The van der Waals surface area contributed by atoms with E-state index in [1.807, 2.05) is 24.6 Å². The first-order valence-electron chi connectivity index (χ1n) is 6.03. The maximum absolute atomic E-state index is 11.9. The highest BCUT2D eigenvalue weighted by molar-refractivity contribution is 5.76. The summed E-state index contributed by atoms with van der Waals surface area (Å²) in [5.74, 6) is 0.106. The van der Waals surface area contributed by atoms with Crippen molar-refractivity contribution in [3.05, 3.63) is 17.5 Å². The Morgan fingerprint density at radius 2 is 2.35 bits per heavy atom. The molecule has 1 aliphatic rings. The molecular formula is C12H19N3O2. The molecule has 17 heavy (non-hydrogen) atoms. The van der Waals surface area contributed by atoms with Crippen LogP contribution in [-0.4, -0.2) is 44.9 Å². The van der Waals surface area contributed by atoms with Crippen molar-refractivity contribution >= 4 is 5.91 Å². The fourth-order valence-corrected chi connectivity index (χ4v) is 2.23. The van der Waals surface area contributed by atoms with Gasteiger partial charge in [-0.2, -0.15) is 5.10 Å². The van der Waals surface area contributed by atoms with Crippen LogP contribution in [0.15, 0.2) is 6.07 Å². The second kappa shape index (κ2) is 4.87. The van der Waals surface area contributed by atoms with E-state index in [0.717, 1.165) is 11.4 Å². The first kappa shape index (κ1) is 12.1. The van der Waals surface area contributed by atoms with Crippen molar-refractivity contribution < 1.29 is 9.90 Å². The van der Waals surface area contributed by atoms with E-state index in [1.165, 1.54) is 0 Å². The van der Waals surface area contributed by atoms with Gasteiger partial charge in [-0.3, -0.25) is 9.48 Å². The lowest BCUT2D eigenvalue weighted by molar-refractivity contribution is -0.130. The molecule has 1 saturated heterocycles. The summed E-state index contributed by atoms with van der Waals surface area (Å²) in [5.41, 5.74) is 2.06. The molecule has 1 N–H and O–H groups in total. The van der Waals surface area contributed by atoms with E-state index in [9.17, 15) is 9.90 Å². The number of aliphatic hydroxyl groups excluding tert-OH is 1. The maximum atomic E-state index is 11.9. The standard InChI is InChI=1S/C12H19N3O2/c1-9-7-10(2)15(13-9)6-4-12(17)14-5-3-11(16)8-14/h7,11,16H,3-6,8H2,1-2H3/t11-/m1/s1. The van der Waals surface area contributed by atoms with Gasteiger partial charge in [-0.05, 0) is 26.3 Å². The second-order valence-electron chi connectivity index (χ2n) is 4.68. The lowest BCUT2D eigenvalue weighted by atomic mass is 10.3. The zero-order chi connectivity index (χ0) is 12.4. The highest BCUT2D eigenvalue weighted by Gasteiger charge is 2.24. The van der Waals surface area contributed by atoms with Gasteiger partial charge in [0.1, 0.15) is 0 Å². The van der Waals surface area contributed by atoms with Gasteiger partial charge in [0, 0.05) is 31.7 Å². The molecule has 1 fully saturated rings. The van der Waals surface area contributed by atoms with E-state index in [-0.39, 0.29) is 12.0 Å². The molecule has 2 rings (SSSR count). The number of rotatable bonds is 3. The van der Waals surface area contributed by atoms with Gasteiger partial charge in [-0.1, -0.05) is 0 Å². The Balaban J connectivity index is 1.86. The molecule has 1 amide bonds. The van der Waals surface area contributed by atoms with Crippen LogP contribution < -0.4 is 0 Å². The normalized spacial score (nSPS) is 19.9. The van der Waals surface area contributed by atoms with Crippen LogP contribution in [0.1, 0.15) is 24.2 Å². The van der Waals surface area contributed by atoms with Gasteiger partial charge in [-0.15, -0.1) is 0 Å². The average Bonchev–Trinajstić information content (AvgIpc) is 2.82. The number of carbonyl (C=O) groups excluding carboxylic acids is 1. The number of hydrogen-bond donors (Lipinski definition) is 1. The first-order chi connectivity index (χ1) is 8.06. The van der Waals surface area contributed by atoms with E-state index < -0.39 is 0 Å². The van der Waals surface area contributed by atoms with Crippen LogP contribution in [0.25, 0.3) is 0 Å². The number of hydrogen-bond acceptors (Lipinski definition) is 3. The predicted octanol–water partition coefficient (Wildman–Crippen LogP) is 0.483. The molecule has 1 atom stereocenters. The topological polar surface area (TPSA) is 58.4 Å². The summed E-state index contributed by atoms with van der Waals surface area (Å²) in [6.07, 6.45) is 0.813. The van der Waals surface area contributed by atoms with Gasteiger partial charge in [0.25, 0.3) is 0 Å². The largest absolute Gasteiger partial charge is 0.391 e. The minimum Gasteiger partial charge on any atom is -0.391 e.